The molecule has 3 aliphatic rings. The third-order valence-electron chi connectivity index (χ3n) is 6.44. The number of aromatic nitrogens is 1. The summed E-state index contributed by atoms with van der Waals surface area (Å²) in [6, 6.07) is 7.92. The number of ether oxygens (including phenoxy) is 1. The molecule has 3 saturated heterocycles. The van der Waals surface area contributed by atoms with Gasteiger partial charge in [0, 0.05) is 57.2 Å². The van der Waals surface area contributed by atoms with Crippen LogP contribution in [-0.2, 0) is 20.9 Å². The molecular formula is C23H31F6N3O5. The molecule has 37 heavy (non-hydrogen) atoms. The smallest absolute Gasteiger partial charge is 0.475 e. The second kappa shape index (κ2) is 13.4. The van der Waals surface area contributed by atoms with E-state index >= 15 is 0 Å². The SMILES string of the molecule is Cc1cccc(CN2CCC3C2CCN3CC2CCOCC2)n1.O=C(O)C(F)(F)F.O=C(O)C(F)(F)F. The summed E-state index contributed by atoms with van der Waals surface area (Å²) in [5.41, 5.74) is 2.36. The Morgan fingerprint density at radius 2 is 1.41 bits per heavy atom. The minimum absolute atomic E-state index is 0.747. The van der Waals surface area contributed by atoms with Crippen molar-refractivity contribution in [3.05, 3.63) is 29.6 Å². The fourth-order valence-corrected chi connectivity index (χ4v) is 4.74. The van der Waals surface area contributed by atoms with Gasteiger partial charge in [-0.2, -0.15) is 26.3 Å². The molecule has 210 valence electrons. The Morgan fingerprint density at radius 1 is 0.919 bits per heavy atom. The molecule has 3 aliphatic heterocycles. The molecule has 8 nitrogen and oxygen atoms in total. The van der Waals surface area contributed by atoms with Crippen LogP contribution in [0.1, 0.15) is 37.1 Å². The molecule has 3 fully saturated rings. The van der Waals surface area contributed by atoms with Crippen LogP contribution in [-0.4, -0.2) is 94.2 Å². The van der Waals surface area contributed by atoms with Crippen LogP contribution < -0.4 is 0 Å². The Balaban J connectivity index is 0.000000286. The zero-order chi connectivity index (χ0) is 27.8. The number of hydrogen-bond donors (Lipinski definition) is 2. The van der Waals surface area contributed by atoms with Crippen molar-refractivity contribution in [2.75, 3.05) is 32.8 Å². The van der Waals surface area contributed by atoms with E-state index in [1.165, 1.54) is 51.0 Å². The fourth-order valence-electron chi connectivity index (χ4n) is 4.74. The van der Waals surface area contributed by atoms with Crippen LogP contribution >= 0.6 is 0 Å². The van der Waals surface area contributed by atoms with Gasteiger partial charge in [0.1, 0.15) is 0 Å². The van der Waals surface area contributed by atoms with Gasteiger partial charge >= 0.3 is 24.3 Å². The van der Waals surface area contributed by atoms with Gasteiger partial charge in [-0.05, 0) is 50.7 Å². The zero-order valence-corrected chi connectivity index (χ0v) is 20.3. The molecule has 4 rings (SSSR count). The minimum Gasteiger partial charge on any atom is -0.475 e. The average Bonchev–Trinajstić information content (AvgIpc) is 3.37. The van der Waals surface area contributed by atoms with E-state index in [0.29, 0.717) is 0 Å². The molecule has 0 saturated carbocycles. The molecule has 0 spiro atoms. The molecule has 2 atom stereocenters. The van der Waals surface area contributed by atoms with Crippen LogP contribution in [0.2, 0.25) is 0 Å². The second-order valence-electron chi connectivity index (χ2n) is 9.11. The largest absolute Gasteiger partial charge is 0.490 e. The molecule has 0 aliphatic carbocycles. The van der Waals surface area contributed by atoms with E-state index in [2.05, 4.69) is 34.9 Å². The number of halogens is 6. The molecule has 2 unspecified atom stereocenters. The van der Waals surface area contributed by atoms with E-state index in [9.17, 15) is 26.3 Å². The van der Waals surface area contributed by atoms with E-state index in [-0.39, 0.29) is 0 Å². The fraction of sp³-hybridized carbons (Fsp3) is 0.696. The summed E-state index contributed by atoms with van der Waals surface area (Å²) in [5.74, 6) is -4.66. The number of carboxylic acid groups (broad SMARTS) is 2. The maximum absolute atomic E-state index is 10.6. The Labute approximate surface area is 210 Å². The van der Waals surface area contributed by atoms with Gasteiger partial charge in [-0.3, -0.25) is 14.8 Å². The number of rotatable bonds is 4. The summed E-state index contributed by atoms with van der Waals surface area (Å²) in [7, 11) is 0. The van der Waals surface area contributed by atoms with Gasteiger partial charge in [-0.15, -0.1) is 0 Å². The third-order valence-corrected chi connectivity index (χ3v) is 6.44. The van der Waals surface area contributed by atoms with Crippen LogP contribution in [0.25, 0.3) is 0 Å². The van der Waals surface area contributed by atoms with E-state index < -0.39 is 24.3 Å². The van der Waals surface area contributed by atoms with Crippen LogP contribution in [0.3, 0.4) is 0 Å². The van der Waals surface area contributed by atoms with Crippen LogP contribution in [0, 0.1) is 12.8 Å². The molecule has 0 radical (unpaired) electrons. The van der Waals surface area contributed by atoms with Gasteiger partial charge in [0.25, 0.3) is 0 Å². The quantitative estimate of drug-likeness (QED) is 0.554. The van der Waals surface area contributed by atoms with Crippen molar-refractivity contribution in [1.29, 1.82) is 0 Å². The third kappa shape index (κ3) is 10.1. The number of likely N-dealkylation sites (tertiary alicyclic amines) is 2. The number of alkyl halides is 6. The number of carboxylic acids is 2. The topological polar surface area (TPSA) is 103 Å². The summed E-state index contributed by atoms with van der Waals surface area (Å²) in [4.78, 5) is 27.9. The monoisotopic (exact) mass is 543 g/mol. The standard InChI is InChI=1S/C19H29N3O.2C2HF3O2/c1-15-3-2-4-17(20-15)14-22-10-6-18-19(22)5-9-21(18)13-16-7-11-23-12-8-16;2*3-2(4,5)1(6)7/h2-4,16,18-19H,5-14H2,1H3;2*(H,6,7). The molecule has 2 N–H and O–H groups in total. The molecule has 14 heteroatoms. The molecule has 1 aromatic rings. The highest BCUT2D eigenvalue weighted by atomic mass is 19.4. The van der Waals surface area contributed by atoms with Crippen LogP contribution in [0.4, 0.5) is 26.3 Å². The maximum atomic E-state index is 10.6. The number of aliphatic carboxylic acids is 2. The van der Waals surface area contributed by atoms with Crippen molar-refractivity contribution in [3.63, 3.8) is 0 Å². The average molecular weight is 544 g/mol. The predicted molar refractivity (Wildman–Crippen MR) is 119 cm³/mol. The predicted octanol–water partition coefficient (Wildman–Crippen LogP) is 3.73. The lowest BCUT2D eigenvalue weighted by Crippen LogP contribution is -2.39. The first-order valence-electron chi connectivity index (χ1n) is 11.8. The summed E-state index contributed by atoms with van der Waals surface area (Å²) in [5, 5.41) is 14.2. The van der Waals surface area contributed by atoms with Gasteiger partial charge in [-0.1, -0.05) is 6.07 Å². The first-order chi connectivity index (χ1) is 17.2. The Bertz CT molecular complexity index is 868. The summed E-state index contributed by atoms with van der Waals surface area (Å²) in [6.07, 6.45) is -4.99. The van der Waals surface area contributed by atoms with E-state index in [1.807, 2.05) is 0 Å². The highest BCUT2D eigenvalue weighted by Crippen LogP contribution is 2.33. The van der Waals surface area contributed by atoms with Crippen molar-refractivity contribution >= 4 is 11.9 Å². The maximum Gasteiger partial charge on any atom is 0.490 e. The lowest BCUT2D eigenvalue weighted by molar-refractivity contribution is -0.193. The molecule has 4 heterocycles. The highest BCUT2D eigenvalue weighted by Gasteiger charge is 2.43. The molecule has 0 aromatic carbocycles. The van der Waals surface area contributed by atoms with Gasteiger partial charge in [-0.25, -0.2) is 9.59 Å². The number of aryl methyl sites for hydroxylation is 1. The molecular weight excluding hydrogens is 512 g/mol. The number of fused-ring (bicyclic) bond motifs is 1. The van der Waals surface area contributed by atoms with Crippen molar-refractivity contribution in [1.82, 2.24) is 14.8 Å². The van der Waals surface area contributed by atoms with Crippen molar-refractivity contribution in [2.45, 2.75) is 63.6 Å². The number of hydrogen-bond acceptors (Lipinski definition) is 6. The highest BCUT2D eigenvalue weighted by molar-refractivity contribution is 5.73. The summed E-state index contributed by atoms with van der Waals surface area (Å²) < 4.78 is 69.0. The molecule has 1 aromatic heterocycles. The number of nitrogens with zero attached hydrogens (tertiary/aromatic N) is 3. The van der Waals surface area contributed by atoms with Crippen molar-refractivity contribution < 1.29 is 50.9 Å². The van der Waals surface area contributed by atoms with E-state index in [0.717, 1.165) is 43.5 Å². The van der Waals surface area contributed by atoms with E-state index in [4.69, 9.17) is 29.5 Å². The van der Waals surface area contributed by atoms with E-state index in [1.54, 1.807) is 0 Å². The van der Waals surface area contributed by atoms with Crippen LogP contribution in [0.15, 0.2) is 18.2 Å². The lowest BCUT2D eigenvalue weighted by Gasteiger charge is -2.30. The summed E-state index contributed by atoms with van der Waals surface area (Å²) in [6.45, 7) is 8.85. The van der Waals surface area contributed by atoms with Gasteiger partial charge in [0.15, 0.2) is 0 Å². The van der Waals surface area contributed by atoms with Gasteiger partial charge < -0.3 is 14.9 Å². The Kier molecular flexibility index (Phi) is 11.1. The first-order valence-corrected chi connectivity index (χ1v) is 11.8. The van der Waals surface area contributed by atoms with Crippen LogP contribution in [0.5, 0.6) is 0 Å². The van der Waals surface area contributed by atoms with Crippen molar-refractivity contribution in [2.24, 2.45) is 5.92 Å². The lowest BCUT2D eigenvalue weighted by atomic mass is 9.99. The summed E-state index contributed by atoms with van der Waals surface area (Å²) >= 11 is 0. The first kappa shape index (κ1) is 30.8. The molecule has 0 amide bonds. The van der Waals surface area contributed by atoms with Crippen molar-refractivity contribution in [3.8, 4) is 0 Å². The second-order valence-corrected chi connectivity index (χ2v) is 9.11. The van der Waals surface area contributed by atoms with Gasteiger partial charge in [0.2, 0.25) is 0 Å². The Morgan fingerprint density at radius 3 is 1.89 bits per heavy atom. The Hall–Kier alpha value is -2.45. The zero-order valence-electron chi connectivity index (χ0n) is 20.3. The number of pyridine rings is 1. The minimum atomic E-state index is -5.08. The van der Waals surface area contributed by atoms with Gasteiger partial charge in [0.05, 0.1) is 5.69 Å². The molecule has 0 bridgehead atoms. The normalized spacial score (nSPS) is 22.9. The number of carbonyl (C=O) groups is 2.